The van der Waals surface area contributed by atoms with Gasteiger partial charge in [-0.3, -0.25) is 0 Å². The second-order valence-corrected chi connectivity index (χ2v) is 3.82. The summed E-state index contributed by atoms with van der Waals surface area (Å²) in [6.45, 7) is 4.39. The molecule has 0 amide bonds. The Kier molecular flexibility index (Phi) is 3.75. The van der Waals surface area contributed by atoms with Gasteiger partial charge in [0.15, 0.2) is 0 Å². The summed E-state index contributed by atoms with van der Waals surface area (Å²) in [6, 6.07) is 0. The van der Waals surface area contributed by atoms with Crippen molar-refractivity contribution in [3.8, 4) is 0 Å². The molecule has 0 aliphatic carbocycles. The van der Waals surface area contributed by atoms with Gasteiger partial charge in [0.05, 0.1) is 12.8 Å². The van der Waals surface area contributed by atoms with E-state index in [-0.39, 0.29) is 5.30 Å². The lowest BCUT2D eigenvalue weighted by Gasteiger charge is -2.04. The number of carbonyl (C=O) groups excluding carboxylic acids is 1. The summed E-state index contributed by atoms with van der Waals surface area (Å²) in [7, 11) is 0. The molecule has 1 rings (SSSR count). The Labute approximate surface area is 80.2 Å². The molecule has 0 atom stereocenters. The molecule has 0 unspecified atom stereocenters. The summed E-state index contributed by atoms with van der Waals surface area (Å²) in [4.78, 5) is 11.1. The molecular formula is C7H11N3O2S. The van der Waals surface area contributed by atoms with Crippen LogP contribution in [0.15, 0.2) is 11.2 Å². The minimum atomic E-state index is -0.345. The highest BCUT2D eigenvalue weighted by atomic mass is 32.2. The molecule has 0 aliphatic heterocycles. The maximum absolute atomic E-state index is 11.1. The van der Waals surface area contributed by atoms with Crippen molar-refractivity contribution in [2.75, 3.05) is 6.61 Å². The van der Waals surface area contributed by atoms with Crippen LogP contribution in [0, 0.1) is 5.92 Å². The molecule has 0 saturated carbocycles. The molecule has 1 N–H and O–H groups in total. The fourth-order valence-electron chi connectivity index (χ4n) is 0.590. The molecule has 1 aromatic heterocycles. The van der Waals surface area contributed by atoms with E-state index in [0.717, 1.165) is 11.8 Å². The molecule has 0 spiro atoms. The topological polar surface area (TPSA) is 67.9 Å². The number of ether oxygens (including phenoxy) is 1. The molecule has 72 valence electrons. The van der Waals surface area contributed by atoms with Crippen molar-refractivity contribution < 1.29 is 9.53 Å². The van der Waals surface area contributed by atoms with E-state index in [1.165, 1.54) is 6.20 Å². The maximum atomic E-state index is 11.1. The number of H-pyrrole nitrogens is 1. The van der Waals surface area contributed by atoms with Crippen LogP contribution >= 0.6 is 11.8 Å². The average molecular weight is 201 g/mol. The second-order valence-electron chi connectivity index (χ2n) is 2.87. The van der Waals surface area contributed by atoms with E-state index < -0.39 is 0 Å². The predicted molar refractivity (Wildman–Crippen MR) is 48.4 cm³/mol. The maximum Gasteiger partial charge on any atom is 0.373 e. The number of hydrogen-bond donors (Lipinski definition) is 1. The van der Waals surface area contributed by atoms with E-state index in [2.05, 4.69) is 15.4 Å². The first-order chi connectivity index (χ1) is 6.18. The summed E-state index contributed by atoms with van der Waals surface area (Å²) < 4.78 is 4.92. The van der Waals surface area contributed by atoms with Crippen molar-refractivity contribution in [3.63, 3.8) is 0 Å². The van der Waals surface area contributed by atoms with Gasteiger partial charge >= 0.3 is 5.30 Å². The number of rotatable bonds is 3. The van der Waals surface area contributed by atoms with Gasteiger partial charge < -0.3 is 4.74 Å². The Morgan fingerprint density at radius 3 is 3.08 bits per heavy atom. The van der Waals surface area contributed by atoms with Gasteiger partial charge in [-0.1, -0.05) is 13.8 Å². The minimum absolute atomic E-state index is 0.345. The molecule has 6 heteroatoms. The molecular weight excluding hydrogens is 190 g/mol. The number of carbonyl (C=O) groups is 1. The fraction of sp³-hybridized carbons (Fsp3) is 0.571. The van der Waals surface area contributed by atoms with Crippen LogP contribution < -0.4 is 0 Å². The Morgan fingerprint density at radius 2 is 2.54 bits per heavy atom. The molecule has 5 nitrogen and oxygen atoms in total. The van der Waals surface area contributed by atoms with E-state index >= 15 is 0 Å². The summed E-state index contributed by atoms with van der Waals surface area (Å²) in [5, 5.41) is 9.86. The van der Waals surface area contributed by atoms with Crippen LogP contribution in [-0.4, -0.2) is 27.3 Å². The summed E-state index contributed by atoms with van der Waals surface area (Å²) in [5.74, 6) is 0.349. The summed E-state index contributed by atoms with van der Waals surface area (Å²) in [6.07, 6.45) is 1.47. The molecule has 0 saturated heterocycles. The monoisotopic (exact) mass is 201 g/mol. The zero-order valence-electron chi connectivity index (χ0n) is 7.48. The molecule has 0 radical (unpaired) electrons. The van der Waals surface area contributed by atoms with Gasteiger partial charge in [0.25, 0.3) is 0 Å². The smallest absolute Gasteiger partial charge is 0.373 e. The van der Waals surface area contributed by atoms with E-state index in [1.807, 2.05) is 13.8 Å². The standard InChI is InChI=1S/C7H11N3O2S/c1-5(2)4-12-7(11)13-6-3-8-10-9-6/h3,5H,4H2,1-2H3,(H,8,9,10). The van der Waals surface area contributed by atoms with E-state index in [0.29, 0.717) is 17.6 Å². The zero-order valence-corrected chi connectivity index (χ0v) is 8.30. The van der Waals surface area contributed by atoms with Crippen molar-refractivity contribution in [1.82, 2.24) is 15.4 Å². The average Bonchev–Trinajstić information content (AvgIpc) is 2.53. The predicted octanol–water partition coefficient (Wildman–Crippen LogP) is 1.69. The highest BCUT2D eigenvalue weighted by Crippen LogP contribution is 2.15. The minimum Gasteiger partial charge on any atom is -0.457 e. The molecule has 1 aromatic rings. The van der Waals surface area contributed by atoms with Gasteiger partial charge in [0.2, 0.25) is 0 Å². The lowest BCUT2D eigenvalue weighted by atomic mass is 10.2. The Morgan fingerprint density at radius 1 is 1.77 bits per heavy atom. The van der Waals surface area contributed by atoms with Crippen molar-refractivity contribution >= 4 is 17.1 Å². The van der Waals surface area contributed by atoms with Crippen LogP contribution in [0.4, 0.5) is 4.79 Å². The van der Waals surface area contributed by atoms with Gasteiger partial charge in [0, 0.05) is 11.8 Å². The first-order valence-electron chi connectivity index (χ1n) is 3.89. The summed E-state index contributed by atoms with van der Waals surface area (Å²) in [5.41, 5.74) is 0. The number of hydrogen-bond acceptors (Lipinski definition) is 5. The quantitative estimate of drug-likeness (QED) is 0.595. The molecule has 0 aromatic carbocycles. The molecule has 1 heterocycles. The number of thioether (sulfide) groups is 1. The number of nitrogens with one attached hydrogen (secondary N) is 1. The Bertz CT molecular complexity index is 261. The van der Waals surface area contributed by atoms with Gasteiger partial charge in [-0.2, -0.15) is 10.3 Å². The second kappa shape index (κ2) is 4.86. The molecule has 0 bridgehead atoms. The molecule has 13 heavy (non-hydrogen) atoms. The van der Waals surface area contributed by atoms with Gasteiger partial charge in [-0.15, -0.1) is 5.10 Å². The number of aromatic amines is 1. The number of nitrogens with zero attached hydrogens (tertiary/aromatic N) is 2. The largest absolute Gasteiger partial charge is 0.457 e. The highest BCUT2D eigenvalue weighted by Gasteiger charge is 2.08. The number of aromatic nitrogens is 3. The normalized spacial score (nSPS) is 10.4. The lowest BCUT2D eigenvalue weighted by Crippen LogP contribution is -2.04. The van der Waals surface area contributed by atoms with Crippen LogP contribution in [0.2, 0.25) is 0 Å². The third-order valence-electron chi connectivity index (χ3n) is 1.12. The van der Waals surface area contributed by atoms with Gasteiger partial charge in [-0.05, 0) is 5.92 Å². The van der Waals surface area contributed by atoms with Crippen molar-refractivity contribution in [2.24, 2.45) is 5.92 Å². The van der Waals surface area contributed by atoms with Crippen molar-refractivity contribution in [2.45, 2.75) is 18.9 Å². The SMILES string of the molecule is CC(C)COC(=O)Sc1cn[nH]n1. The van der Waals surface area contributed by atoms with Crippen LogP contribution in [-0.2, 0) is 4.74 Å². The third-order valence-corrected chi connectivity index (χ3v) is 1.81. The first-order valence-corrected chi connectivity index (χ1v) is 4.70. The van der Waals surface area contributed by atoms with E-state index in [9.17, 15) is 4.79 Å². The molecule has 0 aliphatic rings. The van der Waals surface area contributed by atoms with Gasteiger partial charge in [-0.25, -0.2) is 4.79 Å². The third kappa shape index (κ3) is 3.93. The van der Waals surface area contributed by atoms with Gasteiger partial charge in [0.1, 0.15) is 5.03 Å². The summed E-state index contributed by atoms with van der Waals surface area (Å²) >= 11 is 0.926. The van der Waals surface area contributed by atoms with Crippen LogP contribution in [0.3, 0.4) is 0 Å². The van der Waals surface area contributed by atoms with Crippen LogP contribution in [0.1, 0.15) is 13.8 Å². The van der Waals surface area contributed by atoms with E-state index in [4.69, 9.17) is 4.74 Å². The van der Waals surface area contributed by atoms with Crippen LogP contribution in [0.5, 0.6) is 0 Å². The van der Waals surface area contributed by atoms with Crippen molar-refractivity contribution in [1.29, 1.82) is 0 Å². The highest BCUT2D eigenvalue weighted by molar-refractivity contribution is 8.13. The fourth-order valence-corrected chi connectivity index (χ4v) is 1.08. The van der Waals surface area contributed by atoms with Crippen LogP contribution in [0.25, 0.3) is 0 Å². The Balaban J connectivity index is 2.26. The van der Waals surface area contributed by atoms with E-state index in [1.54, 1.807) is 0 Å². The first kappa shape index (κ1) is 10.0. The molecule has 0 fully saturated rings. The Hall–Kier alpha value is -1.04. The van der Waals surface area contributed by atoms with Crippen molar-refractivity contribution in [3.05, 3.63) is 6.20 Å². The zero-order chi connectivity index (χ0) is 9.68. The lowest BCUT2D eigenvalue weighted by molar-refractivity contribution is 0.160.